The fraction of sp³-hybridized carbons (Fsp3) is 0. The Labute approximate surface area is 346 Å². The summed E-state index contributed by atoms with van der Waals surface area (Å²) in [6, 6.07) is 77.9. The maximum absolute atomic E-state index is 5.25. The number of rotatable bonds is 6. The van der Waals surface area contributed by atoms with Crippen LogP contribution in [-0.2, 0) is 0 Å². The van der Waals surface area contributed by atoms with Crippen molar-refractivity contribution in [2.75, 3.05) is 0 Å². The first-order valence-corrected chi connectivity index (χ1v) is 20.4. The van der Waals surface area contributed by atoms with Crippen molar-refractivity contribution in [2.45, 2.75) is 0 Å². The average Bonchev–Trinajstić information content (AvgIpc) is 3.85. The SMILES string of the molecule is c1ccc(-c2cccc(-n3c4cc(-c5nc(-c6ccccc6)cc(-c6ccccc6)n5)ccc4c4c5c6c7ccccc7ccc6n(-c6ccccc6)c5ccc43)c2)cc1. The van der Waals surface area contributed by atoms with Gasteiger partial charge in [-0.05, 0) is 76.5 Å². The van der Waals surface area contributed by atoms with E-state index >= 15 is 0 Å². The van der Waals surface area contributed by atoms with E-state index in [2.05, 4.69) is 215 Å². The van der Waals surface area contributed by atoms with Crippen molar-refractivity contribution < 1.29 is 0 Å². The van der Waals surface area contributed by atoms with E-state index in [0.717, 1.165) is 50.5 Å². The smallest absolute Gasteiger partial charge is 0.160 e. The molecule has 0 saturated heterocycles. The lowest BCUT2D eigenvalue weighted by atomic mass is 10.00. The van der Waals surface area contributed by atoms with E-state index in [9.17, 15) is 0 Å². The van der Waals surface area contributed by atoms with E-state index in [0.29, 0.717) is 5.82 Å². The van der Waals surface area contributed by atoms with Gasteiger partial charge in [-0.1, -0.05) is 164 Å². The summed E-state index contributed by atoms with van der Waals surface area (Å²) in [5, 5.41) is 7.36. The maximum atomic E-state index is 5.25. The average molecular weight is 765 g/mol. The number of aromatic nitrogens is 4. The molecule has 4 nitrogen and oxygen atoms in total. The van der Waals surface area contributed by atoms with Crippen molar-refractivity contribution in [3.63, 3.8) is 0 Å². The molecule has 0 fully saturated rings. The van der Waals surface area contributed by atoms with Crippen LogP contribution in [0.2, 0.25) is 0 Å². The van der Waals surface area contributed by atoms with Crippen LogP contribution in [0.4, 0.5) is 0 Å². The van der Waals surface area contributed by atoms with E-state index in [1.165, 1.54) is 54.5 Å². The highest BCUT2D eigenvalue weighted by Gasteiger charge is 2.23. The summed E-state index contributed by atoms with van der Waals surface area (Å²) in [4.78, 5) is 10.5. The summed E-state index contributed by atoms with van der Waals surface area (Å²) in [5.74, 6) is 0.684. The number of para-hydroxylation sites is 1. The highest BCUT2D eigenvalue weighted by atomic mass is 15.0. The van der Waals surface area contributed by atoms with E-state index in [1.807, 2.05) is 12.1 Å². The van der Waals surface area contributed by atoms with Crippen molar-refractivity contribution in [1.29, 1.82) is 0 Å². The number of hydrogen-bond donors (Lipinski definition) is 0. The van der Waals surface area contributed by atoms with Gasteiger partial charge in [-0.25, -0.2) is 9.97 Å². The van der Waals surface area contributed by atoms with Crippen LogP contribution in [-0.4, -0.2) is 19.1 Å². The molecule has 9 aromatic carbocycles. The molecule has 3 aromatic heterocycles. The summed E-state index contributed by atoms with van der Waals surface area (Å²) >= 11 is 0. The predicted octanol–water partition coefficient (Wildman–Crippen LogP) is 14.5. The molecule has 0 radical (unpaired) electrons. The third-order valence-corrected chi connectivity index (χ3v) is 11.9. The minimum absolute atomic E-state index is 0.684. The molecule has 0 unspecified atom stereocenters. The molecular formula is C56H36N4. The summed E-state index contributed by atoms with van der Waals surface area (Å²) in [6.45, 7) is 0. The summed E-state index contributed by atoms with van der Waals surface area (Å²) in [7, 11) is 0. The lowest BCUT2D eigenvalue weighted by Gasteiger charge is -2.12. The Morgan fingerprint density at radius 2 is 0.800 bits per heavy atom. The van der Waals surface area contributed by atoms with Gasteiger partial charge in [0.15, 0.2) is 5.82 Å². The van der Waals surface area contributed by atoms with Crippen molar-refractivity contribution in [3.05, 3.63) is 218 Å². The van der Waals surface area contributed by atoms with Gasteiger partial charge in [-0.15, -0.1) is 0 Å². The molecule has 0 spiro atoms. The lowest BCUT2D eigenvalue weighted by molar-refractivity contribution is 1.17. The number of nitrogens with zero attached hydrogens (tertiary/aromatic N) is 4. The molecule has 0 aliphatic heterocycles. The van der Waals surface area contributed by atoms with Crippen LogP contribution in [0.3, 0.4) is 0 Å². The molecule has 0 bridgehead atoms. The molecule has 0 aliphatic rings. The molecule has 0 amide bonds. The predicted molar refractivity (Wildman–Crippen MR) is 250 cm³/mol. The highest BCUT2D eigenvalue weighted by Crippen LogP contribution is 2.45. The van der Waals surface area contributed by atoms with Crippen molar-refractivity contribution in [2.24, 2.45) is 0 Å². The minimum Gasteiger partial charge on any atom is -0.309 e. The zero-order valence-corrected chi connectivity index (χ0v) is 32.6. The van der Waals surface area contributed by atoms with Crippen molar-refractivity contribution in [3.8, 4) is 56.4 Å². The summed E-state index contributed by atoms with van der Waals surface area (Å²) in [5.41, 5.74) is 14.0. The van der Waals surface area contributed by atoms with Crippen molar-refractivity contribution in [1.82, 2.24) is 19.1 Å². The topological polar surface area (TPSA) is 35.6 Å². The zero-order chi connectivity index (χ0) is 39.6. The standard InChI is InChI=1S/C56H36N4/c1-5-16-37(17-6-1)41-23-15-26-44(34-41)60-50-32-33-51-55(53-45-27-14-13-18-38(45)29-31-49(53)59(51)43-24-11-4-12-25-43)54(50)46-30-28-42(35-52(46)60)56-57-47(39-19-7-2-8-20-39)36-48(58-56)40-21-9-3-10-22-40/h1-36H. The van der Waals surface area contributed by atoms with Gasteiger partial charge in [0.05, 0.1) is 33.5 Å². The minimum atomic E-state index is 0.684. The number of benzene rings is 9. The molecular weight excluding hydrogens is 729 g/mol. The fourth-order valence-corrected chi connectivity index (χ4v) is 9.19. The second kappa shape index (κ2) is 13.8. The molecule has 0 aliphatic carbocycles. The second-order valence-electron chi connectivity index (χ2n) is 15.4. The van der Waals surface area contributed by atoms with E-state index in [4.69, 9.17) is 9.97 Å². The first kappa shape index (κ1) is 34.0. The number of hydrogen-bond acceptors (Lipinski definition) is 2. The van der Waals surface area contributed by atoms with Crippen molar-refractivity contribution >= 4 is 54.4 Å². The number of fused-ring (bicyclic) bond motifs is 9. The van der Waals surface area contributed by atoms with Gasteiger partial charge in [-0.3, -0.25) is 0 Å². The Morgan fingerprint density at radius 1 is 0.283 bits per heavy atom. The van der Waals surface area contributed by atoms with Gasteiger partial charge in [0.25, 0.3) is 0 Å². The van der Waals surface area contributed by atoms with E-state index < -0.39 is 0 Å². The Kier molecular flexibility index (Phi) is 7.82. The van der Waals surface area contributed by atoms with Crippen LogP contribution in [0.1, 0.15) is 0 Å². The Hall–Kier alpha value is -8.08. The van der Waals surface area contributed by atoms with Gasteiger partial charge >= 0.3 is 0 Å². The first-order valence-electron chi connectivity index (χ1n) is 20.4. The van der Waals surface area contributed by atoms with Crippen LogP contribution >= 0.6 is 0 Å². The third-order valence-electron chi connectivity index (χ3n) is 11.9. The monoisotopic (exact) mass is 764 g/mol. The summed E-state index contributed by atoms with van der Waals surface area (Å²) < 4.78 is 4.87. The molecule has 12 rings (SSSR count). The Balaban J connectivity index is 1.20. The van der Waals surface area contributed by atoms with Crippen LogP contribution in [0.5, 0.6) is 0 Å². The van der Waals surface area contributed by atoms with E-state index in [-0.39, 0.29) is 0 Å². The molecule has 0 saturated carbocycles. The zero-order valence-electron chi connectivity index (χ0n) is 32.6. The van der Waals surface area contributed by atoms with Gasteiger partial charge in [0.2, 0.25) is 0 Å². The second-order valence-corrected chi connectivity index (χ2v) is 15.4. The molecule has 60 heavy (non-hydrogen) atoms. The van der Waals surface area contributed by atoms with Gasteiger partial charge in [0, 0.05) is 49.6 Å². The lowest BCUT2D eigenvalue weighted by Crippen LogP contribution is -1.97. The normalized spacial score (nSPS) is 11.7. The molecule has 12 aromatic rings. The largest absolute Gasteiger partial charge is 0.309 e. The van der Waals surface area contributed by atoms with Crippen LogP contribution in [0, 0.1) is 0 Å². The maximum Gasteiger partial charge on any atom is 0.160 e. The Bertz CT molecular complexity index is 3510. The quantitative estimate of drug-likeness (QED) is 0.169. The first-order chi connectivity index (χ1) is 29.8. The van der Waals surface area contributed by atoms with Gasteiger partial charge in [-0.2, -0.15) is 0 Å². The molecule has 4 heteroatoms. The van der Waals surface area contributed by atoms with Gasteiger partial charge < -0.3 is 9.13 Å². The van der Waals surface area contributed by atoms with E-state index in [1.54, 1.807) is 0 Å². The van der Waals surface area contributed by atoms with Crippen LogP contribution in [0.25, 0.3) is 111 Å². The molecule has 0 N–H and O–H groups in total. The van der Waals surface area contributed by atoms with Crippen LogP contribution in [0.15, 0.2) is 218 Å². The summed E-state index contributed by atoms with van der Waals surface area (Å²) in [6.07, 6.45) is 0. The molecule has 0 atom stereocenters. The third kappa shape index (κ3) is 5.46. The fourth-order valence-electron chi connectivity index (χ4n) is 9.19. The Morgan fingerprint density at radius 3 is 1.48 bits per heavy atom. The highest BCUT2D eigenvalue weighted by molar-refractivity contribution is 6.33. The molecule has 3 heterocycles. The van der Waals surface area contributed by atoms with Gasteiger partial charge in [0.1, 0.15) is 0 Å². The van der Waals surface area contributed by atoms with Crippen LogP contribution < -0.4 is 0 Å². The molecule has 280 valence electrons.